The molecule has 2 amide bonds. The number of nitrogen functional groups attached to an aromatic ring is 1. The second-order valence-electron chi connectivity index (χ2n) is 14.5. The summed E-state index contributed by atoms with van der Waals surface area (Å²) in [5.74, 6) is -5.16. The molecule has 280 valence electrons. The van der Waals surface area contributed by atoms with Crippen LogP contribution in [0, 0.1) is 5.41 Å². The maximum atomic E-state index is 13.6. The Bertz CT molecular complexity index is 2210. The van der Waals surface area contributed by atoms with Gasteiger partial charge in [0.05, 0.1) is 42.8 Å². The van der Waals surface area contributed by atoms with Gasteiger partial charge in [-0.3, -0.25) is 23.9 Å². The van der Waals surface area contributed by atoms with Gasteiger partial charge >= 0.3 is 35.5 Å². The van der Waals surface area contributed by atoms with Crippen LogP contribution in [0.4, 0.5) is 5.13 Å². The van der Waals surface area contributed by atoms with Crippen LogP contribution in [0.15, 0.2) is 45.1 Å². The zero-order chi connectivity index (χ0) is 38.2. The summed E-state index contributed by atoms with van der Waals surface area (Å²) in [6, 6.07) is 1.32. The number of nitrogens with two attached hydrogens (primary N) is 1. The minimum Gasteiger partial charge on any atom is -0.546 e. The fourth-order valence-electron chi connectivity index (χ4n) is 7.72. The third kappa shape index (κ3) is 6.83. The van der Waals surface area contributed by atoms with Gasteiger partial charge in [-0.15, -0.1) is 23.1 Å². The number of thiazole rings is 1. The SMILES string of the molecule is C[C@@H]1S[C@@H]2[C@H](NC(=O)/C(=N\OC(C)(C)C(=O)[O-])c3csc(N)n3)C(=O)N2C(C(=O)O)=C1C[N+]12CCC(Cn3cnc4cc(O)c(O)cc4c3=O)(CC1)C2.[Na+]. The molecule has 6 heterocycles. The Morgan fingerprint density at radius 3 is 2.52 bits per heavy atom. The van der Waals surface area contributed by atoms with Crippen molar-refractivity contribution < 1.29 is 78.5 Å². The second kappa shape index (κ2) is 14.1. The number of hydrogen-bond acceptors (Lipinski definition) is 15. The van der Waals surface area contributed by atoms with E-state index in [0.717, 1.165) is 37.3 Å². The average Bonchev–Trinajstić information content (AvgIpc) is 3.80. The summed E-state index contributed by atoms with van der Waals surface area (Å²) in [6.07, 6.45) is 3.01. The molecular weight excluding hydrogens is 756 g/mol. The number of phenols is 2. The number of carbonyl (C=O) groups is 4. The van der Waals surface area contributed by atoms with Crippen LogP contribution >= 0.6 is 23.1 Å². The van der Waals surface area contributed by atoms with Crippen LogP contribution in [0.3, 0.4) is 0 Å². The van der Waals surface area contributed by atoms with Crippen molar-refractivity contribution in [2.75, 3.05) is 31.9 Å². The molecule has 3 atom stereocenters. The quantitative estimate of drug-likeness (QED) is 0.0316. The summed E-state index contributed by atoms with van der Waals surface area (Å²) in [4.78, 5) is 79.4. The van der Waals surface area contributed by atoms with Crippen molar-refractivity contribution in [1.29, 1.82) is 0 Å². The smallest absolute Gasteiger partial charge is 0.546 e. The molecule has 6 N–H and O–H groups in total. The predicted molar refractivity (Wildman–Crippen MR) is 188 cm³/mol. The van der Waals surface area contributed by atoms with Crippen molar-refractivity contribution in [3.05, 3.63) is 51.2 Å². The van der Waals surface area contributed by atoms with E-state index in [0.29, 0.717) is 29.7 Å². The van der Waals surface area contributed by atoms with E-state index in [1.54, 1.807) is 0 Å². The topological polar surface area (TPSA) is 263 Å². The fraction of sp³-hybridized carbons (Fsp3) is 0.455. The predicted octanol–water partition coefficient (Wildman–Crippen LogP) is -3.46. The minimum atomic E-state index is -1.90. The first kappa shape index (κ1) is 39.5. The Balaban J connectivity index is 0.00000497. The molecule has 1 aromatic carbocycles. The van der Waals surface area contributed by atoms with Crippen molar-refractivity contribution in [2.45, 2.75) is 62.4 Å². The molecule has 2 bridgehead atoms. The van der Waals surface area contributed by atoms with Crippen molar-refractivity contribution >= 4 is 68.6 Å². The molecule has 7 rings (SSSR count). The number of nitrogens with zero attached hydrogens (tertiary/aromatic N) is 6. The van der Waals surface area contributed by atoms with Crippen LogP contribution < -0.4 is 51.3 Å². The number of oxime groups is 1. The molecule has 54 heavy (non-hydrogen) atoms. The first-order valence-electron chi connectivity index (χ1n) is 16.6. The molecule has 18 nitrogen and oxygen atoms in total. The normalized spacial score (nSPS) is 26.3. The van der Waals surface area contributed by atoms with E-state index in [1.807, 2.05) is 6.92 Å². The standard InChI is InChI=1S/C33H36N8O10S2.Na/c1-15-17(10-41-6-4-33(13-41,5-7-41)12-39-14-35-18-9-21(43)20(42)8-16(18)26(39)45)24(29(47)48)40-27(46)23(28(40)53-15)37-25(44)22(19-11-52-31(34)36-19)38-51-32(2,3)30(49)50;/h8-9,11,14-15,23,28H,4-7,10,12-13H2,1-3H3,(H6-,34,36,37,38,42,43,44,45,47,48,49,50);/q;+1/t15-,23+,28+,33?,41?;/m0./s1. The number of aliphatic carboxylic acids is 2. The van der Waals surface area contributed by atoms with E-state index >= 15 is 0 Å². The Hall–Kier alpha value is -4.21. The number of β-lactam (4-membered cyclic amide) rings is 1. The number of aromatic hydroxyl groups is 2. The van der Waals surface area contributed by atoms with Crippen molar-refractivity contribution in [3.63, 3.8) is 0 Å². The molecule has 3 fully saturated rings. The number of anilines is 1. The molecule has 2 aromatic heterocycles. The van der Waals surface area contributed by atoms with Gasteiger partial charge < -0.3 is 45.6 Å². The number of thioether (sulfide) groups is 1. The van der Waals surface area contributed by atoms with Gasteiger partial charge in [0.2, 0.25) is 0 Å². The summed E-state index contributed by atoms with van der Waals surface area (Å²) < 4.78 is 2.12. The number of quaternary nitrogens is 1. The molecule has 0 spiro atoms. The maximum absolute atomic E-state index is 13.6. The summed E-state index contributed by atoms with van der Waals surface area (Å²) >= 11 is 2.35. The molecule has 3 saturated heterocycles. The Morgan fingerprint density at radius 1 is 1.20 bits per heavy atom. The number of rotatable bonds is 11. The number of phenolic OH excluding ortho intramolecular Hbond substituents is 2. The number of carboxylic acid groups (broad SMARTS) is 2. The van der Waals surface area contributed by atoms with E-state index in [4.69, 9.17) is 10.6 Å². The molecule has 0 unspecified atom stereocenters. The van der Waals surface area contributed by atoms with E-state index in [9.17, 15) is 44.4 Å². The van der Waals surface area contributed by atoms with Crippen LogP contribution in [0.25, 0.3) is 10.9 Å². The minimum absolute atomic E-state index is 0. The summed E-state index contributed by atoms with van der Waals surface area (Å²) in [5, 5.41) is 48.7. The Labute approximate surface area is 337 Å². The molecule has 0 saturated carbocycles. The van der Waals surface area contributed by atoms with Crippen LogP contribution in [0.2, 0.25) is 0 Å². The fourth-order valence-corrected chi connectivity index (χ4v) is 9.71. The van der Waals surface area contributed by atoms with E-state index in [2.05, 4.69) is 20.4 Å². The van der Waals surface area contributed by atoms with E-state index < -0.39 is 52.2 Å². The molecule has 0 radical (unpaired) electrons. The van der Waals surface area contributed by atoms with Gasteiger partial charge in [0.15, 0.2) is 27.9 Å². The van der Waals surface area contributed by atoms with Gasteiger partial charge in [0.25, 0.3) is 17.4 Å². The number of fused-ring (bicyclic) bond motifs is 4. The third-order valence-electron chi connectivity index (χ3n) is 10.6. The Morgan fingerprint density at radius 2 is 1.89 bits per heavy atom. The van der Waals surface area contributed by atoms with Crippen LogP contribution in [-0.2, 0) is 30.6 Å². The van der Waals surface area contributed by atoms with Crippen LogP contribution in [-0.4, -0.2) is 117 Å². The largest absolute Gasteiger partial charge is 1.00 e. The maximum Gasteiger partial charge on any atom is 1.00 e. The monoisotopic (exact) mass is 791 g/mol. The van der Waals surface area contributed by atoms with Crippen molar-refractivity contribution in [1.82, 2.24) is 24.8 Å². The number of nitrogens with one attached hydrogen (secondary N) is 1. The molecule has 21 heteroatoms. The summed E-state index contributed by atoms with van der Waals surface area (Å²) in [6.45, 7) is 7.17. The number of aromatic nitrogens is 3. The summed E-state index contributed by atoms with van der Waals surface area (Å²) in [5.41, 5.74) is 3.57. The van der Waals surface area contributed by atoms with Crippen molar-refractivity contribution in [2.24, 2.45) is 10.6 Å². The van der Waals surface area contributed by atoms with E-state index in [1.165, 1.54) is 58.9 Å². The van der Waals surface area contributed by atoms with Gasteiger partial charge in [-0.05, 0) is 26.8 Å². The van der Waals surface area contributed by atoms with Gasteiger partial charge in [-0.25, -0.2) is 14.8 Å². The second-order valence-corrected chi connectivity index (χ2v) is 16.9. The molecular formula is C33H36N8NaO10S2+. The number of hydrogen-bond donors (Lipinski definition) is 5. The van der Waals surface area contributed by atoms with Crippen LogP contribution in [0.1, 0.15) is 39.3 Å². The molecule has 4 aliphatic rings. The van der Waals surface area contributed by atoms with Gasteiger partial charge in [0.1, 0.15) is 29.4 Å². The molecule has 3 aromatic rings. The molecule has 0 aliphatic carbocycles. The van der Waals surface area contributed by atoms with Gasteiger partial charge in [0, 0.05) is 47.1 Å². The van der Waals surface area contributed by atoms with Gasteiger partial charge in [-0.1, -0.05) is 5.16 Å². The number of piperidine rings is 1. The average molecular weight is 792 g/mol. The van der Waals surface area contributed by atoms with Gasteiger partial charge in [-0.2, -0.15) is 0 Å². The number of carbonyl (C=O) groups excluding carboxylic acids is 3. The first-order valence-corrected chi connectivity index (χ1v) is 18.5. The number of amides is 2. The summed E-state index contributed by atoms with van der Waals surface area (Å²) in [7, 11) is 0. The first-order chi connectivity index (χ1) is 24.9. The third-order valence-corrected chi connectivity index (χ3v) is 12.7. The van der Waals surface area contributed by atoms with E-state index in [-0.39, 0.29) is 79.0 Å². The number of benzene rings is 1. The Kier molecular flexibility index (Phi) is 10.3. The van der Waals surface area contributed by atoms with Crippen molar-refractivity contribution in [3.8, 4) is 11.5 Å². The molecule has 4 aliphatic heterocycles. The zero-order valence-corrected chi connectivity index (χ0v) is 33.4. The number of carboxylic acids is 2. The zero-order valence-electron chi connectivity index (χ0n) is 29.8. The van der Waals surface area contributed by atoms with Crippen LogP contribution in [0.5, 0.6) is 11.5 Å².